The molecular weight excluding hydrogens is 412 g/mol. The van der Waals surface area contributed by atoms with E-state index in [0.717, 1.165) is 5.39 Å². The third-order valence-electron chi connectivity index (χ3n) is 5.19. The zero-order valence-electron chi connectivity index (χ0n) is 17.7. The summed E-state index contributed by atoms with van der Waals surface area (Å²) in [6, 6.07) is 15.5. The van der Waals surface area contributed by atoms with Crippen molar-refractivity contribution in [3.8, 4) is 5.75 Å². The number of para-hydroxylation sites is 1. The van der Waals surface area contributed by atoms with E-state index in [4.69, 9.17) is 13.9 Å². The predicted octanol–water partition coefficient (Wildman–Crippen LogP) is 3.30. The topological polar surface area (TPSA) is 98.1 Å². The largest absolute Gasteiger partial charge is 0.492 e. The summed E-state index contributed by atoms with van der Waals surface area (Å²) in [6.07, 6.45) is 0.757. The normalized spacial score (nSPS) is 15.7. The minimum absolute atomic E-state index is 0.106. The van der Waals surface area contributed by atoms with Crippen LogP contribution in [0, 0.1) is 0 Å². The molecule has 1 aromatic heterocycles. The number of furan rings is 1. The maximum Gasteiger partial charge on any atom is 0.329 e. The van der Waals surface area contributed by atoms with Crippen molar-refractivity contribution < 1.29 is 28.3 Å². The monoisotopic (exact) mass is 436 g/mol. The number of ether oxygens (including phenoxy) is 2. The molecule has 0 radical (unpaired) electrons. The first-order valence-electron chi connectivity index (χ1n) is 10.5. The smallest absolute Gasteiger partial charge is 0.329 e. The van der Waals surface area contributed by atoms with Crippen molar-refractivity contribution in [3.05, 3.63) is 60.4 Å². The Morgan fingerprint density at radius 3 is 2.69 bits per heavy atom. The first-order chi connectivity index (χ1) is 15.6. The fourth-order valence-corrected chi connectivity index (χ4v) is 3.69. The number of hydrogen-bond acceptors (Lipinski definition) is 6. The molecule has 2 aromatic carbocycles. The lowest BCUT2D eigenvalue weighted by Crippen LogP contribution is -2.39. The third-order valence-corrected chi connectivity index (χ3v) is 5.19. The van der Waals surface area contributed by atoms with Gasteiger partial charge in [-0.05, 0) is 49.7 Å². The molecule has 2 amide bonds. The lowest BCUT2D eigenvalue weighted by molar-refractivity contribution is -0.144. The lowest BCUT2D eigenvalue weighted by atomic mass is 10.2. The number of fused-ring (bicyclic) bond motifs is 1. The van der Waals surface area contributed by atoms with Gasteiger partial charge in [-0.25, -0.2) is 4.79 Å². The van der Waals surface area contributed by atoms with Gasteiger partial charge in [0.2, 0.25) is 5.91 Å². The zero-order valence-corrected chi connectivity index (χ0v) is 17.7. The van der Waals surface area contributed by atoms with Crippen LogP contribution in [0.5, 0.6) is 5.75 Å². The number of anilines is 1. The summed E-state index contributed by atoms with van der Waals surface area (Å²) in [5, 5.41) is 3.63. The Labute approximate surface area is 185 Å². The summed E-state index contributed by atoms with van der Waals surface area (Å²) in [7, 11) is 0. The Hall–Kier alpha value is -3.81. The molecule has 32 heavy (non-hydrogen) atoms. The van der Waals surface area contributed by atoms with Gasteiger partial charge >= 0.3 is 5.97 Å². The highest BCUT2D eigenvalue weighted by Gasteiger charge is 2.38. The summed E-state index contributed by atoms with van der Waals surface area (Å²) in [6.45, 7) is 2.58. The molecule has 1 atom stereocenters. The molecule has 0 spiro atoms. The molecule has 1 N–H and O–H groups in total. The molecule has 0 bridgehead atoms. The highest BCUT2D eigenvalue weighted by molar-refractivity contribution is 6.02. The minimum Gasteiger partial charge on any atom is -0.492 e. The number of carbonyl (C=O) groups excluding carboxylic acids is 3. The van der Waals surface area contributed by atoms with E-state index in [2.05, 4.69) is 5.32 Å². The second-order valence-electron chi connectivity index (χ2n) is 7.32. The van der Waals surface area contributed by atoms with Crippen LogP contribution in [-0.4, -0.2) is 43.6 Å². The van der Waals surface area contributed by atoms with E-state index in [1.807, 2.05) is 24.3 Å². The minimum atomic E-state index is -0.595. The van der Waals surface area contributed by atoms with E-state index in [1.54, 1.807) is 37.3 Å². The molecule has 1 fully saturated rings. The van der Waals surface area contributed by atoms with Gasteiger partial charge in [-0.3, -0.25) is 14.5 Å². The number of amides is 2. The molecule has 166 valence electrons. The van der Waals surface area contributed by atoms with E-state index in [9.17, 15) is 14.4 Å². The van der Waals surface area contributed by atoms with E-state index in [1.165, 1.54) is 4.90 Å². The van der Waals surface area contributed by atoms with Crippen LogP contribution in [0.3, 0.4) is 0 Å². The highest BCUT2D eigenvalue weighted by atomic mass is 16.5. The quantitative estimate of drug-likeness (QED) is 0.430. The number of rotatable bonds is 8. The third kappa shape index (κ3) is 4.59. The fraction of sp³-hybridized carbons (Fsp3) is 0.292. The molecule has 0 saturated carbocycles. The Bertz CT molecular complexity index is 1090. The average molecular weight is 436 g/mol. The van der Waals surface area contributed by atoms with Crippen molar-refractivity contribution in [2.24, 2.45) is 0 Å². The van der Waals surface area contributed by atoms with Crippen LogP contribution in [0.4, 0.5) is 5.69 Å². The first kappa shape index (κ1) is 21.4. The van der Waals surface area contributed by atoms with Crippen molar-refractivity contribution in [2.75, 3.05) is 24.7 Å². The van der Waals surface area contributed by atoms with Crippen LogP contribution in [0.25, 0.3) is 11.0 Å². The lowest BCUT2D eigenvalue weighted by Gasteiger charge is -2.23. The van der Waals surface area contributed by atoms with E-state index in [0.29, 0.717) is 36.4 Å². The summed E-state index contributed by atoms with van der Waals surface area (Å²) in [4.78, 5) is 38.1. The number of benzene rings is 2. The predicted molar refractivity (Wildman–Crippen MR) is 118 cm³/mol. The second-order valence-corrected chi connectivity index (χ2v) is 7.32. The molecule has 1 unspecified atom stereocenters. The zero-order chi connectivity index (χ0) is 22.5. The van der Waals surface area contributed by atoms with Gasteiger partial charge in [0.15, 0.2) is 5.76 Å². The standard InChI is InChI=1S/C24H24N2O6/c1-2-30-24(29)19-11-12-22(27)26(19)17-7-9-18(10-8-17)31-14-13-25-23(28)21-15-16-5-3-4-6-20(16)32-21/h3-10,15,19H,2,11-14H2,1H3,(H,25,28). The van der Waals surface area contributed by atoms with Crippen LogP contribution >= 0.6 is 0 Å². The Kier molecular flexibility index (Phi) is 6.39. The number of nitrogens with one attached hydrogen (secondary N) is 1. The number of carbonyl (C=O) groups is 3. The van der Waals surface area contributed by atoms with Gasteiger partial charge in [0.25, 0.3) is 5.91 Å². The van der Waals surface area contributed by atoms with Crippen LogP contribution in [0.2, 0.25) is 0 Å². The molecule has 8 heteroatoms. The van der Waals surface area contributed by atoms with E-state index >= 15 is 0 Å². The fourth-order valence-electron chi connectivity index (χ4n) is 3.69. The molecule has 3 aromatic rings. The van der Waals surface area contributed by atoms with Gasteiger partial charge < -0.3 is 19.2 Å². The van der Waals surface area contributed by atoms with Crippen molar-refractivity contribution >= 4 is 34.4 Å². The van der Waals surface area contributed by atoms with Gasteiger partial charge in [-0.2, -0.15) is 0 Å². The Morgan fingerprint density at radius 1 is 1.16 bits per heavy atom. The molecular formula is C24H24N2O6. The molecule has 1 aliphatic rings. The first-order valence-corrected chi connectivity index (χ1v) is 10.5. The van der Waals surface area contributed by atoms with Gasteiger partial charge in [0, 0.05) is 17.5 Å². The van der Waals surface area contributed by atoms with Gasteiger partial charge in [-0.15, -0.1) is 0 Å². The van der Waals surface area contributed by atoms with Crippen LogP contribution in [0.1, 0.15) is 30.3 Å². The van der Waals surface area contributed by atoms with Crippen LogP contribution in [-0.2, 0) is 14.3 Å². The van der Waals surface area contributed by atoms with Crippen molar-refractivity contribution in [3.63, 3.8) is 0 Å². The molecule has 2 heterocycles. The maximum atomic E-state index is 12.3. The molecule has 1 saturated heterocycles. The van der Waals surface area contributed by atoms with E-state index in [-0.39, 0.29) is 36.8 Å². The van der Waals surface area contributed by atoms with Gasteiger partial charge in [0.1, 0.15) is 24.0 Å². The van der Waals surface area contributed by atoms with E-state index < -0.39 is 6.04 Å². The average Bonchev–Trinajstić information content (AvgIpc) is 3.41. The molecule has 4 rings (SSSR count). The van der Waals surface area contributed by atoms with Crippen molar-refractivity contribution in [1.29, 1.82) is 0 Å². The molecule has 8 nitrogen and oxygen atoms in total. The SMILES string of the molecule is CCOC(=O)C1CCC(=O)N1c1ccc(OCCNC(=O)c2cc3ccccc3o2)cc1. The number of esters is 1. The number of nitrogens with zero attached hydrogens (tertiary/aromatic N) is 1. The molecule has 0 aliphatic carbocycles. The van der Waals surface area contributed by atoms with Crippen molar-refractivity contribution in [1.82, 2.24) is 5.32 Å². The Balaban J connectivity index is 1.29. The summed E-state index contributed by atoms with van der Waals surface area (Å²) in [5.41, 5.74) is 1.28. The van der Waals surface area contributed by atoms with Gasteiger partial charge in [-0.1, -0.05) is 18.2 Å². The van der Waals surface area contributed by atoms with Gasteiger partial charge in [0.05, 0.1) is 13.2 Å². The van der Waals surface area contributed by atoms with Crippen molar-refractivity contribution in [2.45, 2.75) is 25.8 Å². The maximum absolute atomic E-state index is 12.3. The molecule has 1 aliphatic heterocycles. The Morgan fingerprint density at radius 2 is 1.94 bits per heavy atom. The highest BCUT2D eigenvalue weighted by Crippen LogP contribution is 2.29. The number of hydrogen-bond donors (Lipinski definition) is 1. The second kappa shape index (κ2) is 9.55. The summed E-state index contributed by atoms with van der Waals surface area (Å²) >= 11 is 0. The summed E-state index contributed by atoms with van der Waals surface area (Å²) in [5.74, 6) is 0.0367. The summed E-state index contributed by atoms with van der Waals surface area (Å²) < 4.78 is 16.3. The van der Waals surface area contributed by atoms with Crippen LogP contribution in [0.15, 0.2) is 59.0 Å². The van der Waals surface area contributed by atoms with Crippen LogP contribution < -0.4 is 15.0 Å².